The molecule has 1 saturated heterocycles. The van der Waals surface area contributed by atoms with E-state index < -0.39 is 0 Å². The topological polar surface area (TPSA) is 52.7 Å². The monoisotopic (exact) mass is 393 g/mol. The Morgan fingerprint density at radius 2 is 1.79 bits per heavy atom. The van der Waals surface area contributed by atoms with Gasteiger partial charge >= 0.3 is 0 Å². The van der Waals surface area contributed by atoms with E-state index in [1.54, 1.807) is 4.90 Å². The van der Waals surface area contributed by atoms with Crippen molar-refractivity contribution < 1.29 is 9.59 Å². The SMILES string of the molecule is CCc1cccc(C)c1NC(=O)C1CC(=O)N(c2ccc(N(CC)CC)cc2)C1. The van der Waals surface area contributed by atoms with E-state index in [4.69, 9.17) is 0 Å². The van der Waals surface area contributed by atoms with Crippen LogP contribution in [0.3, 0.4) is 0 Å². The molecule has 2 amide bonds. The van der Waals surface area contributed by atoms with Gasteiger partial charge in [-0.05, 0) is 62.6 Å². The minimum atomic E-state index is -0.339. The Kier molecular flexibility index (Phi) is 6.57. The number of benzene rings is 2. The Balaban J connectivity index is 1.71. The molecule has 2 aromatic carbocycles. The third kappa shape index (κ3) is 4.44. The zero-order valence-electron chi connectivity index (χ0n) is 17.9. The van der Waals surface area contributed by atoms with Crippen LogP contribution >= 0.6 is 0 Å². The molecular weight excluding hydrogens is 362 g/mol. The fourth-order valence-electron chi connectivity index (χ4n) is 3.99. The van der Waals surface area contributed by atoms with E-state index in [9.17, 15) is 9.59 Å². The standard InChI is InChI=1S/C24H31N3O2/c1-5-18-10-8-9-17(4)23(18)25-24(29)19-15-22(28)27(16-19)21-13-11-20(12-14-21)26(6-2)7-3/h8-14,19H,5-7,15-16H2,1-4H3,(H,25,29). The molecule has 1 fully saturated rings. The van der Waals surface area contributed by atoms with E-state index in [2.05, 4.69) is 31.0 Å². The molecule has 2 aromatic rings. The average molecular weight is 394 g/mol. The van der Waals surface area contributed by atoms with Crippen LogP contribution < -0.4 is 15.1 Å². The summed E-state index contributed by atoms with van der Waals surface area (Å²) in [5.74, 6) is -0.417. The average Bonchev–Trinajstić information content (AvgIpc) is 3.12. The highest BCUT2D eigenvalue weighted by molar-refractivity contribution is 6.04. The number of hydrogen-bond donors (Lipinski definition) is 1. The lowest BCUT2D eigenvalue weighted by Crippen LogP contribution is -2.28. The normalized spacial score (nSPS) is 16.2. The zero-order valence-corrected chi connectivity index (χ0v) is 17.9. The Labute approximate surface area is 173 Å². The number of hydrogen-bond acceptors (Lipinski definition) is 3. The van der Waals surface area contributed by atoms with Crippen molar-refractivity contribution in [3.05, 3.63) is 53.6 Å². The second kappa shape index (κ2) is 9.12. The number of para-hydroxylation sites is 1. The fourth-order valence-corrected chi connectivity index (χ4v) is 3.99. The van der Waals surface area contributed by atoms with Crippen LogP contribution in [-0.2, 0) is 16.0 Å². The highest BCUT2D eigenvalue weighted by atomic mass is 16.2. The summed E-state index contributed by atoms with van der Waals surface area (Å²) >= 11 is 0. The second-order valence-electron chi connectivity index (χ2n) is 7.55. The maximum atomic E-state index is 12.9. The summed E-state index contributed by atoms with van der Waals surface area (Å²) in [6.45, 7) is 10.6. The number of amides is 2. The smallest absolute Gasteiger partial charge is 0.229 e. The van der Waals surface area contributed by atoms with Crippen LogP contribution in [0.2, 0.25) is 0 Å². The number of nitrogens with zero attached hydrogens (tertiary/aromatic N) is 2. The van der Waals surface area contributed by atoms with Crippen LogP contribution in [0.25, 0.3) is 0 Å². The van der Waals surface area contributed by atoms with Crippen molar-refractivity contribution in [2.24, 2.45) is 5.92 Å². The Morgan fingerprint density at radius 3 is 2.41 bits per heavy atom. The molecule has 0 aromatic heterocycles. The van der Waals surface area contributed by atoms with Crippen LogP contribution in [0.15, 0.2) is 42.5 Å². The Morgan fingerprint density at radius 1 is 1.10 bits per heavy atom. The molecule has 0 aliphatic carbocycles. The maximum absolute atomic E-state index is 12.9. The molecule has 5 nitrogen and oxygen atoms in total. The zero-order chi connectivity index (χ0) is 21.0. The molecule has 29 heavy (non-hydrogen) atoms. The van der Waals surface area contributed by atoms with Crippen LogP contribution in [0, 0.1) is 12.8 Å². The van der Waals surface area contributed by atoms with E-state index in [-0.39, 0.29) is 24.2 Å². The lowest BCUT2D eigenvalue weighted by atomic mass is 10.0. The van der Waals surface area contributed by atoms with Gasteiger partial charge in [0.15, 0.2) is 0 Å². The van der Waals surface area contributed by atoms with Crippen molar-refractivity contribution in [3.63, 3.8) is 0 Å². The van der Waals surface area contributed by atoms with E-state index in [1.807, 2.05) is 49.4 Å². The second-order valence-corrected chi connectivity index (χ2v) is 7.55. The van der Waals surface area contributed by atoms with Crippen molar-refractivity contribution in [1.29, 1.82) is 0 Å². The van der Waals surface area contributed by atoms with Gasteiger partial charge in [0.05, 0.1) is 5.92 Å². The predicted molar refractivity (Wildman–Crippen MR) is 120 cm³/mol. The minimum absolute atomic E-state index is 0.00115. The molecule has 1 heterocycles. The number of rotatable bonds is 7. The van der Waals surface area contributed by atoms with Gasteiger partial charge in [-0.3, -0.25) is 9.59 Å². The molecule has 0 bridgehead atoms. The quantitative estimate of drug-likeness (QED) is 0.759. The summed E-state index contributed by atoms with van der Waals surface area (Å²) in [7, 11) is 0. The Bertz CT molecular complexity index is 872. The lowest BCUT2D eigenvalue weighted by Gasteiger charge is -2.23. The highest BCUT2D eigenvalue weighted by Gasteiger charge is 2.35. The number of anilines is 3. The Hall–Kier alpha value is -2.82. The fraction of sp³-hybridized carbons (Fsp3) is 0.417. The van der Waals surface area contributed by atoms with Crippen molar-refractivity contribution >= 4 is 28.9 Å². The summed E-state index contributed by atoms with van der Waals surface area (Å²) in [4.78, 5) is 29.5. The molecule has 154 valence electrons. The summed E-state index contributed by atoms with van der Waals surface area (Å²) in [5.41, 5.74) is 5.05. The predicted octanol–water partition coefficient (Wildman–Crippen LogP) is 4.40. The molecular formula is C24H31N3O2. The molecule has 1 aliphatic heterocycles. The van der Waals surface area contributed by atoms with Crippen molar-refractivity contribution in [1.82, 2.24) is 0 Å². The molecule has 1 N–H and O–H groups in total. The number of aryl methyl sites for hydroxylation is 2. The van der Waals surface area contributed by atoms with Gasteiger partial charge in [-0.15, -0.1) is 0 Å². The molecule has 1 atom stereocenters. The van der Waals surface area contributed by atoms with E-state index in [0.29, 0.717) is 6.54 Å². The summed E-state index contributed by atoms with van der Waals surface area (Å²) in [6, 6.07) is 14.1. The first-order chi connectivity index (χ1) is 14.0. The van der Waals surface area contributed by atoms with Gasteiger partial charge in [0.25, 0.3) is 0 Å². The molecule has 3 rings (SSSR count). The number of carbonyl (C=O) groups is 2. The summed E-state index contributed by atoms with van der Waals surface area (Å²) in [6.07, 6.45) is 1.10. The van der Waals surface area contributed by atoms with Crippen molar-refractivity contribution in [2.75, 3.05) is 34.8 Å². The maximum Gasteiger partial charge on any atom is 0.229 e. The largest absolute Gasteiger partial charge is 0.372 e. The summed E-state index contributed by atoms with van der Waals surface area (Å²) < 4.78 is 0. The van der Waals surface area contributed by atoms with E-state index in [1.165, 1.54) is 0 Å². The van der Waals surface area contributed by atoms with Crippen molar-refractivity contribution in [2.45, 2.75) is 40.5 Å². The van der Waals surface area contributed by atoms with Gasteiger partial charge in [-0.2, -0.15) is 0 Å². The van der Waals surface area contributed by atoms with Crippen LogP contribution in [-0.4, -0.2) is 31.4 Å². The molecule has 0 radical (unpaired) electrons. The van der Waals surface area contributed by atoms with Crippen molar-refractivity contribution in [3.8, 4) is 0 Å². The first-order valence-corrected chi connectivity index (χ1v) is 10.5. The molecule has 5 heteroatoms. The molecule has 0 spiro atoms. The minimum Gasteiger partial charge on any atom is -0.372 e. The third-order valence-corrected chi connectivity index (χ3v) is 5.77. The molecule has 1 unspecified atom stereocenters. The van der Waals surface area contributed by atoms with Crippen LogP contribution in [0.5, 0.6) is 0 Å². The number of nitrogens with one attached hydrogen (secondary N) is 1. The third-order valence-electron chi connectivity index (χ3n) is 5.77. The van der Waals surface area contributed by atoms with Gasteiger partial charge in [-0.25, -0.2) is 0 Å². The van der Waals surface area contributed by atoms with Gasteiger partial charge in [0.1, 0.15) is 0 Å². The van der Waals surface area contributed by atoms with Gasteiger partial charge in [0.2, 0.25) is 11.8 Å². The number of carbonyl (C=O) groups excluding carboxylic acids is 2. The van der Waals surface area contributed by atoms with Gasteiger partial charge < -0.3 is 15.1 Å². The summed E-state index contributed by atoms with van der Waals surface area (Å²) in [5, 5.41) is 3.08. The van der Waals surface area contributed by atoms with Gasteiger partial charge in [0, 0.05) is 43.1 Å². The first-order valence-electron chi connectivity index (χ1n) is 10.5. The van der Waals surface area contributed by atoms with E-state index >= 15 is 0 Å². The van der Waals surface area contributed by atoms with E-state index in [0.717, 1.165) is 47.7 Å². The highest BCUT2D eigenvalue weighted by Crippen LogP contribution is 2.29. The molecule has 0 saturated carbocycles. The van der Waals surface area contributed by atoms with Gasteiger partial charge in [-0.1, -0.05) is 25.1 Å². The first kappa shape index (κ1) is 20.9. The van der Waals surface area contributed by atoms with Crippen LogP contribution in [0.1, 0.15) is 38.3 Å². The molecule has 1 aliphatic rings. The van der Waals surface area contributed by atoms with Crippen LogP contribution in [0.4, 0.5) is 17.1 Å². The lowest BCUT2D eigenvalue weighted by molar-refractivity contribution is -0.122.